The van der Waals surface area contributed by atoms with Gasteiger partial charge in [-0.05, 0) is 77.8 Å². The molecule has 5 rings (SSSR count). The van der Waals surface area contributed by atoms with Crippen molar-refractivity contribution in [1.29, 1.82) is 0 Å². The standard InChI is InChI=1S/C38H41N3O8/c1-36(2,3)48-34(44)38(35(45)49-37(4,5)6,19-20-41-33(43)28-14-10-11-15-30(28)39-40-41)23-31(42)29-24-47-32-22-26(16-17-27(29)32)46-21-18-25-12-8-7-9-13-25/h7-17,22,24H,18-21,23H2,1-6H3. The van der Waals surface area contributed by atoms with Crippen molar-refractivity contribution in [3.05, 3.63) is 101 Å². The number of Topliss-reactive ketones (excluding diaryl/α,β-unsaturated/α-hetero) is 1. The van der Waals surface area contributed by atoms with E-state index >= 15 is 0 Å². The summed E-state index contributed by atoms with van der Waals surface area (Å²) in [7, 11) is 0. The third-order valence-electron chi connectivity index (χ3n) is 7.77. The molecule has 2 aromatic heterocycles. The quantitative estimate of drug-likeness (QED) is 0.0824. The Balaban J connectivity index is 1.47. The highest BCUT2D eigenvalue weighted by Crippen LogP contribution is 2.37. The van der Waals surface area contributed by atoms with Crippen LogP contribution in [-0.4, -0.2) is 50.5 Å². The van der Waals surface area contributed by atoms with E-state index in [1.165, 1.54) is 6.26 Å². The zero-order valence-electron chi connectivity index (χ0n) is 28.6. The lowest BCUT2D eigenvalue weighted by atomic mass is 9.78. The summed E-state index contributed by atoms with van der Waals surface area (Å²) in [6.45, 7) is 10.2. The average molecular weight is 668 g/mol. The molecule has 0 atom stereocenters. The Labute approximate surface area is 284 Å². The van der Waals surface area contributed by atoms with Crippen molar-refractivity contribution < 1.29 is 33.0 Å². The number of rotatable bonds is 12. The molecule has 0 saturated heterocycles. The Morgan fingerprint density at radius 2 is 1.47 bits per heavy atom. The third-order valence-corrected chi connectivity index (χ3v) is 7.77. The van der Waals surface area contributed by atoms with E-state index in [0.29, 0.717) is 34.2 Å². The van der Waals surface area contributed by atoms with Crippen molar-refractivity contribution in [3.63, 3.8) is 0 Å². The summed E-state index contributed by atoms with van der Waals surface area (Å²) >= 11 is 0. The Morgan fingerprint density at radius 3 is 2.14 bits per heavy atom. The number of hydrogen-bond donors (Lipinski definition) is 0. The van der Waals surface area contributed by atoms with Gasteiger partial charge in [0.15, 0.2) is 11.2 Å². The van der Waals surface area contributed by atoms with Crippen LogP contribution in [-0.2, 0) is 32.0 Å². The van der Waals surface area contributed by atoms with Crippen LogP contribution >= 0.6 is 0 Å². The zero-order valence-corrected chi connectivity index (χ0v) is 28.6. The van der Waals surface area contributed by atoms with Gasteiger partial charge in [-0.25, -0.2) is 4.68 Å². The molecule has 0 unspecified atom stereocenters. The second kappa shape index (κ2) is 14.0. The molecule has 49 heavy (non-hydrogen) atoms. The van der Waals surface area contributed by atoms with Crippen molar-refractivity contribution >= 4 is 39.6 Å². The number of ether oxygens (including phenoxy) is 3. The molecule has 5 aromatic rings. The van der Waals surface area contributed by atoms with E-state index in [0.717, 1.165) is 16.7 Å². The van der Waals surface area contributed by atoms with Crippen LogP contribution in [0, 0.1) is 5.41 Å². The summed E-state index contributed by atoms with van der Waals surface area (Å²) in [5, 5.41) is 8.96. The first kappa shape index (κ1) is 35.0. The Morgan fingerprint density at radius 1 is 0.816 bits per heavy atom. The third kappa shape index (κ3) is 8.40. The highest BCUT2D eigenvalue weighted by molar-refractivity contribution is 6.12. The minimum absolute atomic E-state index is 0.171. The molecule has 0 saturated carbocycles. The van der Waals surface area contributed by atoms with Crippen LogP contribution in [0.3, 0.4) is 0 Å². The van der Waals surface area contributed by atoms with Crippen LogP contribution in [0.1, 0.15) is 70.3 Å². The van der Waals surface area contributed by atoms with Crippen molar-refractivity contribution in [2.75, 3.05) is 6.61 Å². The number of benzene rings is 3. The maximum atomic E-state index is 14.1. The van der Waals surface area contributed by atoms with Gasteiger partial charge in [0.2, 0.25) is 0 Å². The number of nitrogens with zero attached hydrogens (tertiary/aromatic N) is 3. The van der Waals surface area contributed by atoms with Crippen LogP contribution < -0.4 is 10.3 Å². The molecule has 0 N–H and O–H groups in total. The molecule has 0 spiro atoms. The number of carbonyl (C=O) groups excluding carboxylic acids is 3. The Bertz CT molecular complexity index is 2010. The van der Waals surface area contributed by atoms with Gasteiger partial charge in [0, 0.05) is 30.8 Å². The van der Waals surface area contributed by atoms with Gasteiger partial charge in [-0.2, -0.15) is 0 Å². The van der Waals surface area contributed by atoms with Gasteiger partial charge in [0.25, 0.3) is 5.56 Å². The minimum atomic E-state index is -2.14. The lowest BCUT2D eigenvalue weighted by molar-refractivity contribution is -0.186. The molecule has 0 bridgehead atoms. The smallest absolute Gasteiger partial charge is 0.324 e. The lowest BCUT2D eigenvalue weighted by Crippen LogP contribution is -2.49. The molecule has 0 aliphatic heterocycles. The first-order chi connectivity index (χ1) is 23.1. The van der Waals surface area contributed by atoms with E-state index in [1.54, 1.807) is 84.0 Å². The van der Waals surface area contributed by atoms with E-state index < -0.39 is 46.3 Å². The SMILES string of the molecule is CC(C)(C)OC(=O)C(CCn1nnc2ccccc2c1=O)(CC(=O)c1coc2cc(OCCc3ccccc3)ccc12)C(=O)OC(C)(C)C. The van der Waals surface area contributed by atoms with Crippen LogP contribution in [0.15, 0.2) is 88.3 Å². The molecule has 0 radical (unpaired) electrons. The number of esters is 2. The summed E-state index contributed by atoms with van der Waals surface area (Å²) in [5.41, 5.74) is -2.50. The first-order valence-electron chi connectivity index (χ1n) is 16.2. The van der Waals surface area contributed by atoms with E-state index in [-0.39, 0.29) is 18.5 Å². The molecule has 3 aromatic carbocycles. The molecular formula is C38H41N3O8. The number of furan rings is 1. The monoisotopic (exact) mass is 667 g/mol. The molecular weight excluding hydrogens is 626 g/mol. The average Bonchev–Trinajstić information content (AvgIpc) is 3.46. The summed E-state index contributed by atoms with van der Waals surface area (Å²) in [6, 6.07) is 21.8. The molecule has 0 amide bonds. The fourth-order valence-corrected chi connectivity index (χ4v) is 5.35. The second-order valence-corrected chi connectivity index (χ2v) is 14.0. The van der Waals surface area contributed by atoms with E-state index in [4.69, 9.17) is 18.6 Å². The molecule has 256 valence electrons. The molecule has 0 fully saturated rings. The molecule has 0 aliphatic rings. The number of hydrogen-bond acceptors (Lipinski definition) is 10. The number of aromatic nitrogens is 3. The fraction of sp³-hybridized carbons (Fsp3) is 0.368. The first-order valence-corrected chi connectivity index (χ1v) is 16.2. The van der Waals surface area contributed by atoms with Crippen molar-refractivity contribution in [3.8, 4) is 5.75 Å². The Hall–Kier alpha value is -5.32. The Kier molecular flexibility index (Phi) is 10.0. The molecule has 2 heterocycles. The van der Waals surface area contributed by atoms with Gasteiger partial charge in [-0.15, -0.1) is 5.10 Å². The minimum Gasteiger partial charge on any atom is -0.493 e. The van der Waals surface area contributed by atoms with Crippen LogP contribution in [0.2, 0.25) is 0 Å². The van der Waals surface area contributed by atoms with Crippen molar-refractivity contribution in [2.45, 2.75) is 78.6 Å². The van der Waals surface area contributed by atoms with Gasteiger partial charge < -0.3 is 18.6 Å². The van der Waals surface area contributed by atoms with Gasteiger partial charge in [0.05, 0.1) is 17.6 Å². The number of carbonyl (C=O) groups is 3. The molecule has 11 nitrogen and oxygen atoms in total. The van der Waals surface area contributed by atoms with Crippen LogP contribution in [0.5, 0.6) is 5.75 Å². The summed E-state index contributed by atoms with van der Waals surface area (Å²) in [4.78, 5) is 55.6. The highest BCUT2D eigenvalue weighted by Gasteiger charge is 2.52. The second-order valence-electron chi connectivity index (χ2n) is 14.0. The summed E-state index contributed by atoms with van der Waals surface area (Å²) < 4.78 is 24.3. The fourth-order valence-electron chi connectivity index (χ4n) is 5.35. The number of fused-ring (bicyclic) bond motifs is 2. The van der Waals surface area contributed by atoms with E-state index in [2.05, 4.69) is 10.3 Å². The van der Waals surface area contributed by atoms with Crippen LogP contribution in [0.25, 0.3) is 21.9 Å². The summed E-state index contributed by atoms with van der Waals surface area (Å²) in [6.07, 6.45) is 1.07. The maximum Gasteiger partial charge on any atom is 0.324 e. The largest absolute Gasteiger partial charge is 0.493 e. The lowest BCUT2D eigenvalue weighted by Gasteiger charge is -2.34. The topological polar surface area (TPSA) is 140 Å². The number of ketones is 1. The maximum absolute atomic E-state index is 14.1. The van der Waals surface area contributed by atoms with Gasteiger partial charge >= 0.3 is 11.9 Å². The predicted molar refractivity (Wildman–Crippen MR) is 183 cm³/mol. The zero-order chi connectivity index (χ0) is 35.4. The van der Waals surface area contributed by atoms with Crippen LogP contribution in [0.4, 0.5) is 0 Å². The van der Waals surface area contributed by atoms with Gasteiger partial charge in [0.1, 0.15) is 34.3 Å². The summed E-state index contributed by atoms with van der Waals surface area (Å²) in [5.74, 6) is -1.89. The molecule has 11 heteroatoms. The number of aryl methyl sites for hydroxylation is 1. The molecule has 0 aliphatic carbocycles. The highest BCUT2D eigenvalue weighted by atomic mass is 16.6. The van der Waals surface area contributed by atoms with Crippen molar-refractivity contribution in [2.24, 2.45) is 5.41 Å². The van der Waals surface area contributed by atoms with Gasteiger partial charge in [-0.1, -0.05) is 47.7 Å². The predicted octanol–water partition coefficient (Wildman–Crippen LogP) is 6.49. The van der Waals surface area contributed by atoms with Crippen molar-refractivity contribution in [1.82, 2.24) is 15.0 Å². The van der Waals surface area contributed by atoms with E-state index in [1.807, 2.05) is 30.3 Å². The van der Waals surface area contributed by atoms with E-state index in [9.17, 15) is 19.2 Å². The van der Waals surface area contributed by atoms with Gasteiger partial charge in [-0.3, -0.25) is 19.2 Å². The normalized spacial score (nSPS) is 12.2.